The molecular formula is C30H46O9. The maximum absolute atomic E-state index is 12.4. The van der Waals surface area contributed by atoms with Crippen molar-refractivity contribution in [2.45, 2.75) is 127 Å². The number of rotatable bonds is 4. The zero-order valence-corrected chi connectivity index (χ0v) is 23.7. The number of esters is 1. The fourth-order valence-electron chi connectivity index (χ4n) is 10.1. The maximum atomic E-state index is 12.4. The lowest BCUT2D eigenvalue weighted by molar-refractivity contribution is -0.321. The summed E-state index contributed by atoms with van der Waals surface area (Å²) in [6, 6.07) is 0. The van der Waals surface area contributed by atoms with Gasteiger partial charge in [-0.15, -0.1) is 0 Å². The van der Waals surface area contributed by atoms with E-state index in [1.165, 1.54) is 7.11 Å². The van der Waals surface area contributed by atoms with Crippen molar-refractivity contribution in [2.24, 2.45) is 28.6 Å². The van der Waals surface area contributed by atoms with E-state index < -0.39 is 41.9 Å². The van der Waals surface area contributed by atoms with Crippen molar-refractivity contribution < 1.29 is 44.2 Å². The highest BCUT2D eigenvalue weighted by atomic mass is 16.7. The largest absolute Gasteiger partial charge is 0.458 e. The molecular weight excluding hydrogens is 504 g/mol. The third kappa shape index (κ3) is 3.94. The van der Waals surface area contributed by atoms with Crippen molar-refractivity contribution in [2.75, 3.05) is 13.7 Å². The van der Waals surface area contributed by atoms with Crippen molar-refractivity contribution in [3.8, 4) is 0 Å². The summed E-state index contributed by atoms with van der Waals surface area (Å²) < 4.78 is 22.6. The zero-order valence-electron chi connectivity index (χ0n) is 23.7. The number of fused-ring (bicyclic) bond motifs is 5. The van der Waals surface area contributed by atoms with Crippen LogP contribution in [-0.2, 0) is 23.7 Å². The second-order valence-corrected chi connectivity index (χ2v) is 13.9. The van der Waals surface area contributed by atoms with Crippen molar-refractivity contribution in [1.29, 1.82) is 0 Å². The summed E-state index contributed by atoms with van der Waals surface area (Å²) in [4.78, 5) is 11.8. The highest BCUT2D eigenvalue weighted by molar-refractivity contribution is 5.85. The topological polar surface area (TPSA) is 135 Å². The van der Waals surface area contributed by atoms with Crippen LogP contribution in [-0.4, -0.2) is 88.1 Å². The molecule has 4 aliphatic carbocycles. The van der Waals surface area contributed by atoms with Crippen LogP contribution in [0.2, 0.25) is 0 Å². The van der Waals surface area contributed by atoms with E-state index in [2.05, 4.69) is 13.8 Å². The van der Waals surface area contributed by atoms with Gasteiger partial charge in [-0.3, -0.25) is 0 Å². The molecule has 2 heterocycles. The summed E-state index contributed by atoms with van der Waals surface area (Å²) in [6.07, 6.45) is 3.58. The van der Waals surface area contributed by atoms with Gasteiger partial charge in [0.25, 0.3) is 0 Å². The van der Waals surface area contributed by atoms with Crippen LogP contribution in [0.1, 0.15) is 78.6 Å². The number of cyclic esters (lactones) is 1. The second kappa shape index (κ2) is 9.48. The van der Waals surface area contributed by atoms with Crippen LogP contribution in [0.15, 0.2) is 11.6 Å². The molecule has 0 unspecified atom stereocenters. The SMILES string of the molecule is CO[C@@H]1[C@H](O)[C@H](O[C@@H]2CC[C@]3(C)[C@H]4CC[C@]5(C)[C@@H](C6=CC(=O)OC6)CC[C@@]5(O)[C@@H]4CC[C@]3(O)C2)O[C@H](C)[C@@H]1O. The Kier molecular flexibility index (Phi) is 6.82. The summed E-state index contributed by atoms with van der Waals surface area (Å²) in [7, 11) is 1.45. The standard InChI is InChI=1S/C30H46O9/c1-16-23(32)25(36-4)24(33)26(38-16)39-18-5-9-27(2)20-6-10-28(3)19(17-13-22(31)37-15-17)8-12-30(28,35)21(20)7-11-29(27,34)14-18/h13,16,18-21,23-26,32-35H,5-12,14-15H2,1-4H3/t16-,18-,19-,20+,21-,23+,24+,25+,26+,27-,28-,29+,30-/m1/s1. The Morgan fingerprint density at radius 2 is 1.67 bits per heavy atom. The van der Waals surface area contributed by atoms with Crippen LogP contribution >= 0.6 is 0 Å². The quantitative estimate of drug-likeness (QED) is 0.307. The second-order valence-electron chi connectivity index (χ2n) is 13.9. The number of hydrogen-bond acceptors (Lipinski definition) is 9. The Morgan fingerprint density at radius 3 is 2.36 bits per heavy atom. The monoisotopic (exact) mass is 550 g/mol. The molecule has 5 fully saturated rings. The molecule has 4 saturated carbocycles. The van der Waals surface area contributed by atoms with E-state index in [9.17, 15) is 25.2 Å². The molecule has 9 nitrogen and oxygen atoms in total. The van der Waals surface area contributed by atoms with Gasteiger partial charge in [-0.1, -0.05) is 13.8 Å². The summed E-state index contributed by atoms with van der Waals surface area (Å²) in [5.41, 5.74) is -1.43. The molecule has 4 N–H and O–H groups in total. The van der Waals surface area contributed by atoms with E-state index >= 15 is 0 Å². The fourth-order valence-corrected chi connectivity index (χ4v) is 10.1. The van der Waals surface area contributed by atoms with E-state index in [1.807, 2.05) is 0 Å². The minimum Gasteiger partial charge on any atom is -0.458 e. The molecule has 2 aliphatic heterocycles. The van der Waals surface area contributed by atoms with Gasteiger partial charge in [-0.2, -0.15) is 0 Å². The molecule has 13 atom stereocenters. The van der Waals surface area contributed by atoms with Crippen LogP contribution in [0.25, 0.3) is 0 Å². The number of ether oxygens (including phenoxy) is 4. The first kappa shape index (κ1) is 28.1. The predicted molar refractivity (Wildman–Crippen MR) is 139 cm³/mol. The first-order chi connectivity index (χ1) is 18.4. The van der Waals surface area contributed by atoms with Gasteiger partial charge in [0.1, 0.15) is 24.9 Å². The molecule has 39 heavy (non-hydrogen) atoms. The van der Waals surface area contributed by atoms with Crippen LogP contribution < -0.4 is 0 Å². The Balaban J connectivity index is 1.19. The highest BCUT2D eigenvalue weighted by Gasteiger charge is 2.70. The van der Waals surface area contributed by atoms with Gasteiger partial charge in [-0.25, -0.2) is 4.79 Å². The smallest absolute Gasteiger partial charge is 0.331 e. The van der Waals surface area contributed by atoms with Gasteiger partial charge >= 0.3 is 5.97 Å². The van der Waals surface area contributed by atoms with E-state index in [4.69, 9.17) is 18.9 Å². The minimum absolute atomic E-state index is 0.0934. The highest BCUT2D eigenvalue weighted by Crippen LogP contribution is 2.70. The molecule has 0 spiro atoms. The number of aliphatic hydroxyl groups excluding tert-OH is 2. The van der Waals surface area contributed by atoms with Gasteiger partial charge in [-0.05, 0) is 87.0 Å². The molecule has 0 aromatic carbocycles. The van der Waals surface area contributed by atoms with Crippen LogP contribution in [0.4, 0.5) is 0 Å². The third-order valence-corrected chi connectivity index (χ3v) is 12.5. The molecule has 0 amide bonds. The molecule has 0 bridgehead atoms. The maximum Gasteiger partial charge on any atom is 0.331 e. The van der Waals surface area contributed by atoms with Crippen molar-refractivity contribution >= 4 is 5.97 Å². The molecule has 0 aromatic rings. The summed E-state index contributed by atoms with van der Waals surface area (Å²) >= 11 is 0. The average Bonchev–Trinajstić information content (AvgIpc) is 3.43. The van der Waals surface area contributed by atoms with Gasteiger partial charge in [0.2, 0.25) is 0 Å². The zero-order chi connectivity index (χ0) is 28.0. The fraction of sp³-hybridized carbons (Fsp3) is 0.900. The lowest BCUT2D eigenvalue weighted by Crippen LogP contribution is -2.67. The summed E-state index contributed by atoms with van der Waals surface area (Å²) in [6.45, 7) is 6.48. The van der Waals surface area contributed by atoms with Gasteiger partial charge in [0.05, 0.1) is 23.4 Å². The van der Waals surface area contributed by atoms with E-state index in [0.29, 0.717) is 32.3 Å². The van der Waals surface area contributed by atoms with Gasteiger partial charge in [0.15, 0.2) is 6.29 Å². The first-order valence-electron chi connectivity index (χ1n) is 14.9. The van der Waals surface area contributed by atoms with Crippen molar-refractivity contribution in [3.63, 3.8) is 0 Å². The number of carbonyl (C=O) groups excluding carboxylic acids is 1. The Hall–Kier alpha value is -1.07. The van der Waals surface area contributed by atoms with Crippen molar-refractivity contribution in [1.82, 2.24) is 0 Å². The lowest BCUT2D eigenvalue weighted by atomic mass is 9.42. The molecule has 220 valence electrons. The van der Waals surface area contributed by atoms with Gasteiger partial charge in [0, 0.05) is 25.0 Å². The predicted octanol–water partition coefficient (Wildman–Crippen LogP) is 2.23. The van der Waals surface area contributed by atoms with Crippen LogP contribution in [0, 0.1) is 28.6 Å². The van der Waals surface area contributed by atoms with Crippen LogP contribution in [0.3, 0.4) is 0 Å². The Labute approximate surface area is 230 Å². The number of carbonyl (C=O) groups is 1. The normalized spacial score (nSPS) is 55.3. The molecule has 0 radical (unpaired) electrons. The van der Waals surface area contributed by atoms with E-state index in [-0.39, 0.29) is 40.7 Å². The molecule has 9 heteroatoms. The third-order valence-electron chi connectivity index (χ3n) is 12.5. The Morgan fingerprint density at radius 1 is 0.949 bits per heavy atom. The summed E-state index contributed by atoms with van der Waals surface area (Å²) in [5, 5.41) is 45.7. The number of hydrogen-bond donors (Lipinski definition) is 4. The lowest BCUT2D eigenvalue weighted by Gasteiger charge is -2.66. The average molecular weight is 551 g/mol. The molecule has 1 saturated heterocycles. The summed E-state index contributed by atoms with van der Waals surface area (Å²) in [5.74, 6) is 0.151. The molecule has 6 rings (SSSR count). The van der Waals surface area contributed by atoms with Gasteiger partial charge < -0.3 is 39.4 Å². The molecule has 6 aliphatic rings. The molecule has 0 aromatic heterocycles. The number of methoxy groups -OCH3 is 1. The van der Waals surface area contributed by atoms with E-state index in [1.54, 1.807) is 13.0 Å². The number of aliphatic hydroxyl groups is 4. The first-order valence-corrected chi connectivity index (χ1v) is 14.9. The Bertz CT molecular complexity index is 1020. The van der Waals surface area contributed by atoms with E-state index in [0.717, 1.165) is 37.7 Å². The minimum atomic E-state index is -1.13. The van der Waals surface area contributed by atoms with Crippen LogP contribution in [0.5, 0.6) is 0 Å². The van der Waals surface area contributed by atoms with Crippen molar-refractivity contribution in [3.05, 3.63) is 11.6 Å².